The monoisotopic (exact) mass is 1390 g/mol. The van der Waals surface area contributed by atoms with Gasteiger partial charge in [-0.2, -0.15) is 0 Å². The minimum absolute atomic E-state index is 0.0188. The fourth-order valence-corrected chi connectivity index (χ4v) is 20.4. The Kier molecular flexibility index (Phi) is 9.62. The van der Waals surface area contributed by atoms with Gasteiger partial charge in [0.2, 0.25) is 0 Å². The van der Waals surface area contributed by atoms with Crippen molar-refractivity contribution in [2.75, 3.05) is 19.6 Å². The van der Waals surface area contributed by atoms with Crippen molar-refractivity contribution in [2.45, 2.75) is 55.6 Å². The van der Waals surface area contributed by atoms with Crippen LogP contribution in [0.3, 0.4) is 0 Å². The zero-order valence-electron chi connectivity index (χ0n) is 71.9. The molecule has 0 bridgehead atoms. The van der Waals surface area contributed by atoms with Crippen molar-refractivity contribution in [2.24, 2.45) is 0 Å². The predicted molar refractivity (Wildman–Crippen MR) is 442 cm³/mol. The summed E-state index contributed by atoms with van der Waals surface area (Å²) in [4.78, 5) is 12.1. The van der Waals surface area contributed by atoms with Crippen molar-refractivity contribution in [3.05, 3.63) is 321 Å². The number of fused-ring (bicyclic) bond motifs is 14. The zero-order valence-corrected chi connectivity index (χ0v) is 58.3. The maximum absolute atomic E-state index is 12.5. The first-order valence-electron chi connectivity index (χ1n) is 42.8. The lowest BCUT2D eigenvalue weighted by Gasteiger charge is -2.53. The van der Waals surface area contributed by atoms with Crippen LogP contribution in [-0.2, 0) is 5.41 Å². The van der Waals surface area contributed by atoms with Gasteiger partial charge in [0.15, 0.2) is 0 Å². The van der Waals surface area contributed by atoms with Crippen LogP contribution in [0.5, 0.6) is 0 Å². The second-order valence-electron chi connectivity index (χ2n) is 28.1. The lowest BCUT2D eigenvalue weighted by atomic mass is 9.29. The van der Waals surface area contributed by atoms with Crippen molar-refractivity contribution in [3.8, 4) is 50.2 Å². The van der Waals surface area contributed by atoms with Gasteiger partial charge in [-0.1, -0.05) is 280 Å². The molecule has 1 aromatic heterocycles. The molecule has 8 heterocycles. The number of nitrogens with zero attached hydrogens (tertiary/aromatic N) is 5. The van der Waals surface area contributed by atoms with E-state index in [1.807, 2.05) is 158 Å². The Hall–Kier alpha value is -11.5. The fourth-order valence-electron chi connectivity index (χ4n) is 17.3. The summed E-state index contributed by atoms with van der Waals surface area (Å²) in [6, 6.07) is 65.9. The van der Waals surface area contributed by atoms with E-state index in [2.05, 4.69) is 101 Å². The predicted octanol–water partition coefficient (Wildman–Crippen LogP) is 22.3. The number of hydrogen-bond acceptors (Lipinski definition) is 7. The Morgan fingerprint density at radius 2 is 0.721 bits per heavy atom. The van der Waals surface area contributed by atoms with Crippen LogP contribution >= 0.6 is 35.3 Å². The van der Waals surface area contributed by atoms with Crippen molar-refractivity contribution in [1.82, 2.24) is 4.57 Å². The Balaban J connectivity index is 0.998. The molecule has 0 spiro atoms. The second kappa shape index (κ2) is 22.0. The minimum Gasteiger partial charge on any atom is -0.310 e. The summed E-state index contributed by atoms with van der Waals surface area (Å²) in [5.74, 6) is 0. The van der Waals surface area contributed by atoms with E-state index in [0.29, 0.717) is 115 Å². The highest BCUT2D eigenvalue weighted by molar-refractivity contribution is 8.01. The van der Waals surface area contributed by atoms with Crippen LogP contribution in [0.1, 0.15) is 48.3 Å². The molecule has 104 heavy (non-hydrogen) atoms. The molecule has 0 saturated heterocycles. The fraction of sp³-hybridized carbons (Fsp3) is 0.0426. The Bertz CT molecular complexity index is 7230. The number of hydrogen-bond donors (Lipinski definition) is 0. The van der Waals surface area contributed by atoms with Crippen molar-refractivity contribution in [3.63, 3.8) is 0 Å². The number of aromatic nitrogens is 1. The summed E-state index contributed by atoms with van der Waals surface area (Å²) < 4.78 is 167. The smallest absolute Gasteiger partial charge is 0.255 e. The molecular formula is C94H61B2N5S3. The number of benzene rings is 15. The van der Waals surface area contributed by atoms with Crippen LogP contribution in [0.15, 0.2) is 344 Å². The third-order valence-electron chi connectivity index (χ3n) is 21.6. The van der Waals surface area contributed by atoms with E-state index in [1.54, 1.807) is 0 Å². The summed E-state index contributed by atoms with van der Waals surface area (Å²) in [7, 11) is 0. The molecule has 5 nitrogen and oxygen atoms in total. The van der Waals surface area contributed by atoms with Gasteiger partial charge in [-0.05, 0) is 157 Å². The normalized spacial score (nSPS) is 16.2. The molecule has 7 aliphatic heterocycles. The summed E-state index contributed by atoms with van der Waals surface area (Å²) in [6.07, 6.45) is 0. The van der Waals surface area contributed by atoms with Gasteiger partial charge in [0.25, 0.3) is 13.4 Å². The van der Waals surface area contributed by atoms with Crippen LogP contribution in [0, 0.1) is 0 Å². The van der Waals surface area contributed by atoms with Crippen LogP contribution in [0.2, 0.25) is 0 Å². The van der Waals surface area contributed by atoms with Crippen molar-refractivity contribution >= 4 is 172 Å². The van der Waals surface area contributed by atoms with Crippen LogP contribution in [0.4, 0.5) is 68.2 Å². The van der Waals surface area contributed by atoms with Gasteiger partial charge in [0.1, 0.15) is 0 Å². The zero-order chi connectivity index (χ0) is 82.3. The first kappa shape index (κ1) is 45.5. The van der Waals surface area contributed by atoms with Crippen LogP contribution in [0.25, 0.3) is 72.0 Å². The topological polar surface area (TPSA) is 17.9 Å². The SMILES string of the molecule is [2H]c1c([2H])c2c3c4c1Sc1c([2H])c([2H])c5c6c1B4c1c(c([2H])c4c(c1N6c1ccccc1S5)B1c5c(cc(C(C)(C)C)cc5N4c4c(-c5ccccc5)cccc4-c4ccccc4)N(c4c(-c5ccccc5)cccc4-c4ccccc4)c4c([2H])c(-n5c6c([2H])c([2H])c([2H])c([2H])c6c6c([2H])c([2H])c([2H])c([2H])c65)c([2H])c([2H])c41)N3c1ccccc1S2. The molecule has 15 aromatic carbocycles. The molecule has 16 aromatic rings. The standard InChI is InChI=1S/C94H61B2N5S3/c1-94(2,3)60-52-74-84-75(53-60)100(90-64(58-30-12-6-13-31-58)38-25-39-65(90)59-32-14-7-15-33-59)76-55-77-86-93(101-72-43-21-23-45-79(72)103-83-51-49-81-88(92(83)101)96(86)87-80(104-81)48-50-82-91(87)98(77)71-42-20-22-44-78(71)102-82)85(76)95(84)68-47-46-61(97-69-40-18-16-34-66(69)67-35-17-19-41-70(67)97)54-73(68)99(74)89-62(56-26-8-4-9-27-56)36-24-37-63(89)57-28-10-5-11-29-57/h4-55H,1-3H3/i16D,17D,18D,19D,34D,35D,40D,41D,46D,47D,48D,49D,50D,51D,54D,55D. The second-order valence-corrected chi connectivity index (χ2v) is 31.2. The molecule has 0 fully saturated rings. The highest BCUT2D eigenvalue weighted by Crippen LogP contribution is 2.62. The van der Waals surface area contributed by atoms with E-state index >= 15 is 0 Å². The number of anilines is 12. The molecule has 0 atom stereocenters. The van der Waals surface area contributed by atoms with Gasteiger partial charge in [-0.15, -0.1) is 0 Å². The molecule has 0 saturated carbocycles. The Labute approximate surface area is 640 Å². The Morgan fingerprint density at radius 1 is 0.308 bits per heavy atom. The third-order valence-corrected chi connectivity index (χ3v) is 24.8. The van der Waals surface area contributed by atoms with Gasteiger partial charge >= 0.3 is 0 Å². The summed E-state index contributed by atoms with van der Waals surface area (Å²) in [5, 5.41) is -0.541. The van der Waals surface area contributed by atoms with E-state index < -0.39 is 91.0 Å². The average molecular weight is 1390 g/mol. The molecule has 0 radical (unpaired) electrons. The average Bonchev–Trinajstić information content (AvgIpc) is 0.731. The molecule has 10 heteroatoms. The summed E-state index contributed by atoms with van der Waals surface area (Å²) in [5.41, 5.74) is 14.7. The number of rotatable bonds is 7. The maximum atomic E-state index is 12.5. The molecule has 0 unspecified atom stereocenters. The lowest BCUT2D eigenvalue weighted by Crippen LogP contribution is -2.68. The molecule has 23 rings (SSSR count). The maximum Gasteiger partial charge on any atom is 0.255 e. The van der Waals surface area contributed by atoms with Crippen LogP contribution in [-0.4, -0.2) is 18.0 Å². The van der Waals surface area contributed by atoms with Crippen molar-refractivity contribution < 1.29 is 21.9 Å². The largest absolute Gasteiger partial charge is 0.310 e. The van der Waals surface area contributed by atoms with Gasteiger partial charge in [0, 0.05) is 102 Å². The van der Waals surface area contributed by atoms with E-state index in [-0.39, 0.29) is 63.2 Å². The first-order chi connectivity index (χ1) is 58.0. The molecule has 7 aliphatic rings. The molecule has 0 aliphatic carbocycles. The van der Waals surface area contributed by atoms with Gasteiger partial charge in [-0.3, -0.25) is 0 Å². The third kappa shape index (κ3) is 8.19. The van der Waals surface area contributed by atoms with Crippen LogP contribution < -0.4 is 52.4 Å². The highest BCUT2D eigenvalue weighted by atomic mass is 32.2. The van der Waals surface area contributed by atoms with Gasteiger partial charge < -0.3 is 24.2 Å². The molecule has 0 amide bonds. The lowest BCUT2D eigenvalue weighted by molar-refractivity contribution is 0.590. The highest BCUT2D eigenvalue weighted by Gasteiger charge is 2.56. The molecular weight excluding hydrogens is 1320 g/mol. The Morgan fingerprint density at radius 3 is 1.22 bits per heavy atom. The van der Waals surface area contributed by atoms with Crippen molar-refractivity contribution in [1.29, 1.82) is 0 Å². The van der Waals surface area contributed by atoms with Gasteiger partial charge in [0.05, 0.1) is 67.1 Å². The first-order valence-corrected chi connectivity index (χ1v) is 37.2. The van der Waals surface area contributed by atoms with Gasteiger partial charge in [-0.25, -0.2) is 0 Å². The van der Waals surface area contributed by atoms with E-state index in [0.717, 1.165) is 54.4 Å². The minimum atomic E-state index is -1.33. The molecule has 0 N–H and O–H groups in total. The van der Waals surface area contributed by atoms with E-state index in [1.165, 1.54) is 39.9 Å². The molecule has 486 valence electrons. The number of para-hydroxylation sites is 6. The van der Waals surface area contributed by atoms with E-state index in [9.17, 15) is 21.9 Å². The van der Waals surface area contributed by atoms with E-state index in [4.69, 9.17) is 0 Å². The summed E-state index contributed by atoms with van der Waals surface area (Å²) >= 11 is 4.06. The summed E-state index contributed by atoms with van der Waals surface area (Å²) in [6.45, 7) is 4.20. The quantitative estimate of drug-likeness (QED) is 0.146.